The van der Waals surface area contributed by atoms with Gasteiger partial charge in [0.1, 0.15) is 5.83 Å². The summed E-state index contributed by atoms with van der Waals surface area (Å²) in [5.74, 6) is -3.92. The second-order valence-electron chi connectivity index (χ2n) is 1.48. The third-order valence-electron chi connectivity index (χ3n) is 0.787. The molecule has 0 amide bonds. The Hall–Kier alpha value is -0.730. The Labute approximate surface area is 51.7 Å². The molecule has 0 aliphatic heterocycles. The molecule has 0 fully saturated rings. The zero-order valence-corrected chi connectivity index (χ0v) is 5.05. The van der Waals surface area contributed by atoms with E-state index >= 15 is 0 Å². The Bertz CT molecular complexity index is 146. The Balaban J connectivity index is 4.28. The maximum atomic E-state index is 12.0. The molecule has 0 aromatic carbocycles. The third kappa shape index (κ3) is 2.35. The van der Waals surface area contributed by atoms with Crippen molar-refractivity contribution in [2.75, 3.05) is 0 Å². The lowest BCUT2D eigenvalue weighted by molar-refractivity contribution is 0.483. The maximum absolute atomic E-state index is 12.0. The van der Waals surface area contributed by atoms with Crippen molar-refractivity contribution in [3.8, 4) is 0 Å². The average molecular weight is 136 g/mol. The average Bonchev–Trinajstić information content (AvgIpc) is 1.84. The predicted molar refractivity (Wildman–Crippen MR) is 29.8 cm³/mol. The lowest BCUT2D eigenvalue weighted by atomic mass is 10.3. The van der Waals surface area contributed by atoms with Crippen LogP contribution < -0.4 is 0 Å². The van der Waals surface area contributed by atoms with Crippen LogP contribution in [0.1, 0.15) is 13.3 Å². The Morgan fingerprint density at radius 3 is 1.89 bits per heavy atom. The van der Waals surface area contributed by atoms with Crippen molar-refractivity contribution in [3.05, 3.63) is 24.1 Å². The van der Waals surface area contributed by atoms with Gasteiger partial charge in [-0.2, -0.15) is 0 Å². The van der Waals surface area contributed by atoms with E-state index in [1.807, 2.05) is 0 Å². The first kappa shape index (κ1) is 8.27. The van der Waals surface area contributed by atoms with Crippen LogP contribution in [-0.2, 0) is 0 Å². The zero-order valence-electron chi connectivity index (χ0n) is 5.05. The van der Waals surface area contributed by atoms with E-state index in [-0.39, 0.29) is 6.42 Å². The molecule has 0 saturated heterocycles. The van der Waals surface area contributed by atoms with E-state index in [1.54, 1.807) is 0 Å². The molecule has 0 N–H and O–H groups in total. The highest BCUT2D eigenvalue weighted by Gasteiger charge is 2.06. The van der Waals surface area contributed by atoms with Crippen molar-refractivity contribution in [1.29, 1.82) is 0 Å². The van der Waals surface area contributed by atoms with Crippen molar-refractivity contribution in [1.82, 2.24) is 0 Å². The highest BCUT2D eigenvalue weighted by Crippen LogP contribution is 2.18. The molecule has 0 unspecified atom stereocenters. The smallest absolute Gasteiger partial charge is 0.189 e. The van der Waals surface area contributed by atoms with Crippen LogP contribution in [0.5, 0.6) is 0 Å². The highest BCUT2D eigenvalue weighted by molar-refractivity contribution is 5.17. The fourth-order valence-corrected chi connectivity index (χ4v) is 0.302. The minimum absolute atomic E-state index is 0.144. The highest BCUT2D eigenvalue weighted by atomic mass is 19.2. The Kier molecular flexibility index (Phi) is 3.06. The lowest BCUT2D eigenvalue weighted by Gasteiger charge is -1.91. The molecule has 0 aliphatic carbocycles. The van der Waals surface area contributed by atoms with Crippen LogP contribution in [0.15, 0.2) is 24.1 Å². The molecule has 0 atom stereocenters. The first-order valence-corrected chi connectivity index (χ1v) is 2.48. The summed E-state index contributed by atoms with van der Waals surface area (Å²) in [6.07, 6.45) is -0.144. The van der Waals surface area contributed by atoms with Gasteiger partial charge in [-0.15, -0.1) is 0 Å². The Morgan fingerprint density at radius 1 is 1.33 bits per heavy atom. The topological polar surface area (TPSA) is 0 Å². The van der Waals surface area contributed by atoms with Gasteiger partial charge >= 0.3 is 0 Å². The number of halogens is 3. The van der Waals surface area contributed by atoms with Crippen LogP contribution in [0.4, 0.5) is 13.2 Å². The zero-order chi connectivity index (χ0) is 7.44. The van der Waals surface area contributed by atoms with Gasteiger partial charge in [-0.05, 0) is 6.42 Å². The normalized spacial score (nSPS) is 12.9. The fraction of sp³-hybridized carbons (Fsp3) is 0.333. The largest absolute Gasteiger partial charge is 0.209 e. The standard InChI is InChI=1S/C6H7F3/c1-3-5(8)6(9)4(2)7/h2-3H2,1H3/b6-5-. The summed E-state index contributed by atoms with van der Waals surface area (Å²) in [5.41, 5.74) is 0. The van der Waals surface area contributed by atoms with Gasteiger partial charge in [0, 0.05) is 0 Å². The van der Waals surface area contributed by atoms with E-state index in [2.05, 4.69) is 6.58 Å². The number of hydrogen-bond acceptors (Lipinski definition) is 0. The molecular weight excluding hydrogens is 129 g/mol. The number of allylic oxidation sites excluding steroid dienone is 3. The van der Waals surface area contributed by atoms with Crippen molar-refractivity contribution in [2.45, 2.75) is 13.3 Å². The quantitative estimate of drug-likeness (QED) is 0.512. The van der Waals surface area contributed by atoms with Gasteiger partial charge in [-0.1, -0.05) is 13.5 Å². The fourth-order valence-electron chi connectivity index (χ4n) is 0.302. The molecule has 0 nitrogen and oxygen atoms in total. The molecule has 0 radical (unpaired) electrons. The van der Waals surface area contributed by atoms with E-state index in [0.29, 0.717) is 0 Å². The van der Waals surface area contributed by atoms with Gasteiger partial charge < -0.3 is 0 Å². The van der Waals surface area contributed by atoms with Crippen molar-refractivity contribution >= 4 is 0 Å². The predicted octanol–water partition coefficient (Wildman–Crippen LogP) is 3.03. The second-order valence-corrected chi connectivity index (χ2v) is 1.48. The molecule has 0 bridgehead atoms. The molecule has 0 heterocycles. The van der Waals surface area contributed by atoms with Gasteiger partial charge in [0.25, 0.3) is 0 Å². The summed E-state index contributed by atoms with van der Waals surface area (Å²) in [6, 6.07) is 0. The van der Waals surface area contributed by atoms with Crippen LogP contribution in [0.3, 0.4) is 0 Å². The molecule has 9 heavy (non-hydrogen) atoms. The minimum Gasteiger partial charge on any atom is -0.209 e. The van der Waals surface area contributed by atoms with Crippen LogP contribution in [0.25, 0.3) is 0 Å². The SMILES string of the molecule is C=C(F)/C(F)=C(/F)CC. The van der Waals surface area contributed by atoms with Gasteiger partial charge in [-0.3, -0.25) is 0 Å². The molecule has 3 heteroatoms. The maximum Gasteiger partial charge on any atom is 0.189 e. The van der Waals surface area contributed by atoms with E-state index in [9.17, 15) is 13.2 Å². The molecule has 52 valence electrons. The Morgan fingerprint density at radius 2 is 1.78 bits per heavy atom. The van der Waals surface area contributed by atoms with E-state index < -0.39 is 17.5 Å². The molecule has 0 saturated carbocycles. The molecule has 0 rings (SSSR count). The summed E-state index contributed by atoms with van der Waals surface area (Å²) in [5, 5.41) is 0. The summed E-state index contributed by atoms with van der Waals surface area (Å²) in [7, 11) is 0. The van der Waals surface area contributed by atoms with Crippen LogP contribution in [-0.4, -0.2) is 0 Å². The molecular formula is C6H7F3. The first-order chi connectivity index (χ1) is 4.09. The number of rotatable bonds is 2. The van der Waals surface area contributed by atoms with E-state index in [4.69, 9.17) is 0 Å². The summed E-state index contributed by atoms with van der Waals surface area (Å²) >= 11 is 0. The van der Waals surface area contributed by atoms with E-state index in [1.165, 1.54) is 6.92 Å². The van der Waals surface area contributed by atoms with Crippen molar-refractivity contribution in [3.63, 3.8) is 0 Å². The van der Waals surface area contributed by atoms with Gasteiger partial charge in [-0.25, -0.2) is 13.2 Å². The summed E-state index contributed by atoms with van der Waals surface area (Å²) < 4.78 is 35.6. The monoisotopic (exact) mass is 136 g/mol. The number of hydrogen-bond donors (Lipinski definition) is 0. The lowest BCUT2D eigenvalue weighted by Crippen LogP contribution is -1.78. The summed E-state index contributed by atoms with van der Waals surface area (Å²) in [6.45, 7) is 3.97. The van der Waals surface area contributed by atoms with Crippen LogP contribution in [0.2, 0.25) is 0 Å². The molecule has 0 aromatic rings. The van der Waals surface area contributed by atoms with E-state index in [0.717, 1.165) is 0 Å². The van der Waals surface area contributed by atoms with Crippen molar-refractivity contribution < 1.29 is 13.2 Å². The van der Waals surface area contributed by atoms with Crippen LogP contribution >= 0.6 is 0 Å². The van der Waals surface area contributed by atoms with Gasteiger partial charge in [0.05, 0.1) is 0 Å². The molecule has 0 spiro atoms. The minimum atomic E-state index is -1.47. The van der Waals surface area contributed by atoms with Crippen molar-refractivity contribution in [2.24, 2.45) is 0 Å². The van der Waals surface area contributed by atoms with Gasteiger partial charge in [0.2, 0.25) is 0 Å². The second kappa shape index (κ2) is 3.33. The summed E-state index contributed by atoms with van der Waals surface area (Å²) in [4.78, 5) is 0. The first-order valence-electron chi connectivity index (χ1n) is 2.48. The molecule has 0 aliphatic rings. The van der Waals surface area contributed by atoms with Gasteiger partial charge in [0.15, 0.2) is 11.7 Å². The van der Waals surface area contributed by atoms with Crippen LogP contribution in [0, 0.1) is 0 Å². The molecule has 0 aromatic heterocycles. The third-order valence-corrected chi connectivity index (χ3v) is 0.787.